The molecule has 0 aliphatic rings. The molecule has 0 saturated heterocycles. The molecule has 5 nitrogen and oxygen atoms in total. The van der Waals surface area contributed by atoms with Gasteiger partial charge < -0.3 is 20.3 Å². The van der Waals surface area contributed by atoms with Crippen LogP contribution in [-0.4, -0.2) is 31.6 Å². The van der Waals surface area contributed by atoms with Crippen molar-refractivity contribution in [2.24, 2.45) is 0 Å². The summed E-state index contributed by atoms with van der Waals surface area (Å²) in [6.07, 6.45) is 0. The molecular formula is C21H23N3O2S. The molecule has 6 heteroatoms. The van der Waals surface area contributed by atoms with Gasteiger partial charge in [0.05, 0.1) is 11.7 Å². The number of carbonyl (C=O) groups is 1. The van der Waals surface area contributed by atoms with E-state index >= 15 is 0 Å². The van der Waals surface area contributed by atoms with Gasteiger partial charge in [-0.05, 0) is 49.8 Å². The lowest BCUT2D eigenvalue weighted by Crippen LogP contribution is -2.36. The maximum atomic E-state index is 12.4. The van der Waals surface area contributed by atoms with Gasteiger partial charge in [-0.3, -0.25) is 0 Å². The third-order valence-electron chi connectivity index (χ3n) is 4.06. The summed E-state index contributed by atoms with van der Waals surface area (Å²) in [6.45, 7) is 0.515. The van der Waals surface area contributed by atoms with E-state index in [1.165, 1.54) is 4.88 Å². The molecule has 0 radical (unpaired) electrons. The summed E-state index contributed by atoms with van der Waals surface area (Å²) >= 11 is 1.69. The molecule has 1 aromatic heterocycles. The first-order valence-corrected chi connectivity index (χ1v) is 9.58. The van der Waals surface area contributed by atoms with E-state index < -0.39 is 0 Å². The SMILES string of the molecule is CN(C)C(CNC(=O)Nc1ccccc1Oc1ccccc1)c1cccs1. The standard InChI is InChI=1S/C21H23N3O2S/c1-24(2)18(20-13-8-14-27-20)15-22-21(25)23-17-11-6-7-12-19(17)26-16-9-4-3-5-10-16/h3-14,18H,15H2,1-2H3,(H2,22,23,25). The number of benzene rings is 2. The molecule has 1 heterocycles. The summed E-state index contributed by atoms with van der Waals surface area (Å²) in [4.78, 5) is 15.7. The number of anilines is 1. The van der Waals surface area contributed by atoms with E-state index in [9.17, 15) is 4.79 Å². The number of hydrogen-bond acceptors (Lipinski definition) is 4. The number of nitrogens with zero attached hydrogens (tertiary/aromatic N) is 1. The Kier molecular flexibility index (Phi) is 6.46. The quantitative estimate of drug-likeness (QED) is 0.608. The number of para-hydroxylation sites is 3. The minimum Gasteiger partial charge on any atom is -0.455 e. The molecule has 1 atom stereocenters. The second-order valence-electron chi connectivity index (χ2n) is 6.24. The van der Waals surface area contributed by atoms with Crippen LogP contribution in [0.5, 0.6) is 11.5 Å². The second-order valence-corrected chi connectivity index (χ2v) is 7.22. The Balaban J connectivity index is 1.62. The Morgan fingerprint density at radius 2 is 1.78 bits per heavy atom. The Hall–Kier alpha value is -2.83. The van der Waals surface area contributed by atoms with Gasteiger partial charge in [0.25, 0.3) is 0 Å². The highest BCUT2D eigenvalue weighted by Crippen LogP contribution is 2.29. The molecule has 0 spiro atoms. The van der Waals surface area contributed by atoms with Crippen LogP contribution in [0.4, 0.5) is 10.5 Å². The summed E-state index contributed by atoms with van der Waals surface area (Å²) in [5.41, 5.74) is 0.622. The fourth-order valence-corrected chi connectivity index (χ4v) is 3.57. The molecule has 0 aliphatic heterocycles. The van der Waals surface area contributed by atoms with Crippen LogP contribution in [0.2, 0.25) is 0 Å². The van der Waals surface area contributed by atoms with Crippen molar-refractivity contribution in [2.75, 3.05) is 26.0 Å². The summed E-state index contributed by atoms with van der Waals surface area (Å²) < 4.78 is 5.88. The van der Waals surface area contributed by atoms with Crippen LogP contribution < -0.4 is 15.4 Å². The molecular weight excluding hydrogens is 358 g/mol. The summed E-state index contributed by atoms with van der Waals surface area (Å²) in [7, 11) is 4.01. The molecule has 0 fully saturated rings. The number of amides is 2. The summed E-state index contributed by atoms with van der Waals surface area (Å²) in [5.74, 6) is 1.32. The summed E-state index contributed by atoms with van der Waals surface area (Å²) in [6, 6.07) is 20.9. The van der Waals surface area contributed by atoms with Crippen molar-refractivity contribution in [1.29, 1.82) is 0 Å². The highest BCUT2D eigenvalue weighted by Gasteiger charge is 2.16. The fraction of sp³-hybridized carbons (Fsp3) is 0.190. The third kappa shape index (κ3) is 5.32. The van der Waals surface area contributed by atoms with E-state index in [1.54, 1.807) is 11.3 Å². The van der Waals surface area contributed by atoms with Crippen molar-refractivity contribution in [1.82, 2.24) is 10.2 Å². The van der Waals surface area contributed by atoms with Gasteiger partial charge in [0.1, 0.15) is 5.75 Å². The van der Waals surface area contributed by atoms with Crippen LogP contribution in [0, 0.1) is 0 Å². The molecule has 2 amide bonds. The fourth-order valence-electron chi connectivity index (χ4n) is 2.65. The Bertz CT molecular complexity index is 851. The van der Waals surface area contributed by atoms with Crippen LogP contribution in [0.25, 0.3) is 0 Å². The zero-order chi connectivity index (χ0) is 19.1. The lowest BCUT2D eigenvalue weighted by Gasteiger charge is -2.23. The van der Waals surface area contributed by atoms with E-state index in [-0.39, 0.29) is 12.1 Å². The number of ether oxygens (including phenoxy) is 1. The maximum Gasteiger partial charge on any atom is 0.319 e. The number of carbonyl (C=O) groups excluding carboxylic acids is 1. The maximum absolute atomic E-state index is 12.4. The normalized spacial score (nSPS) is 11.8. The average Bonchev–Trinajstić information content (AvgIpc) is 3.18. The minimum absolute atomic E-state index is 0.131. The van der Waals surface area contributed by atoms with Gasteiger partial charge in [0, 0.05) is 11.4 Å². The largest absolute Gasteiger partial charge is 0.455 e. The van der Waals surface area contributed by atoms with Crippen molar-refractivity contribution in [3.05, 3.63) is 77.0 Å². The number of thiophene rings is 1. The lowest BCUT2D eigenvalue weighted by atomic mass is 10.2. The van der Waals surface area contributed by atoms with Crippen LogP contribution in [0.15, 0.2) is 72.1 Å². The Morgan fingerprint density at radius 3 is 2.48 bits per heavy atom. The zero-order valence-corrected chi connectivity index (χ0v) is 16.2. The topological polar surface area (TPSA) is 53.6 Å². The third-order valence-corrected chi connectivity index (χ3v) is 5.03. The van der Waals surface area contributed by atoms with Crippen LogP contribution >= 0.6 is 11.3 Å². The van der Waals surface area contributed by atoms with Gasteiger partial charge in [-0.25, -0.2) is 4.79 Å². The van der Waals surface area contributed by atoms with E-state index in [0.29, 0.717) is 18.0 Å². The summed E-state index contributed by atoms with van der Waals surface area (Å²) in [5, 5.41) is 7.88. The molecule has 3 aromatic rings. The predicted octanol–water partition coefficient (Wildman–Crippen LogP) is 4.96. The van der Waals surface area contributed by atoms with Gasteiger partial charge in [0.2, 0.25) is 0 Å². The van der Waals surface area contributed by atoms with Crippen LogP contribution in [-0.2, 0) is 0 Å². The van der Waals surface area contributed by atoms with Crippen molar-refractivity contribution >= 4 is 23.1 Å². The van der Waals surface area contributed by atoms with Gasteiger partial charge in [-0.15, -0.1) is 11.3 Å². The van der Waals surface area contributed by atoms with Crippen molar-refractivity contribution in [2.45, 2.75) is 6.04 Å². The highest BCUT2D eigenvalue weighted by atomic mass is 32.1. The second kappa shape index (κ2) is 9.21. The lowest BCUT2D eigenvalue weighted by molar-refractivity contribution is 0.244. The van der Waals surface area contributed by atoms with Crippen molar-refractivity contribution in [3.63, 3.8) is 0 Å². The smallest absolute Gasteiger partial charge is 0.319 e. The van der Waals surface area contributed by atoms with Crippen molar-refractivity contribution < 1.29 is 9.53 Å². The molecule has 0 saturated carbocycles. The number of likely N-dealkylation sites (N-methyl/N-ethyl adjacent to an activating group) is 1. The van der Waals surface area contributed by atoms with E-state index in [0.717, 1.165) is 5.75 Å². The minimum atomic E-state index is -0.262. The predicted molar refractivity (Wildman–Crippen MR) is 111 cm³/mol. The average molecular weight is 382 g/mol. The molecule has 0 bridgehead atoms. The molecule has 3 rings (SSSR count). The molecule has 140 valence electrons. The number of urea groups is 1. The number of hydrogen-bond donors (Lipinski definition) is 2. The Morgan fingerprint density at radius 1 is 1.04 bits per heavy atom. The van der Waals surface area contributed by atoms with E-state index in [1.807, 2.05) is 80.1 Å². The van der Waals surface area contributed by atoms with Gasteiger partial charge in [-0.1, -0.05) is 36.4 Å². The van der Waals surface area contributed by atoms with E-state index in [2.05, 4.69) is 21.6 Å². The first-order chi connectivity index (χ1) is 13.1. The molecule has 0 aliphatic carbocycles. The monoisotopic (exact) mass is 381 g/mol. The first kappa shape index (κ1) is 18.9. The van der Waals surface area contributed by atoms with Gasteiger partial charge in [0.15, 0.2) is 5.75 Å². The van der Waals surface area contributed by atoms with Crippen molar-refractivity contribution in [3.8, 4) is 11.5 Å². The number of nitrogens with one attached hydrogen (secondary N) is 2. The van der Waals surface area contributed by atoms with Gasteiger partial charge in [-0.2, -0.15) is 0 Å². The Labute approximate surface area is 163 Å². The zero-order valence-electron chi connectivity index (χ0n) is 15.4. The molecule has 2 aromatic carbocycles. The highest BCUT2D eigenvalue weighted by molar-refractivity contribution is 7.10. The number of rotatable bonds is 7. The molecule has 1 unspecified atom stereocenters. The van der Waals surface area contributed by atoms with Gasteiger partial charge >= 0.3 is 6.03 Å². The van der Waals surface area contributed by atoms with Crippen LogP contribution in [0.1, 0.15) is 10.9 Å². The van der Waals surface area contributed by atoms with Crippen LogP contribution in [0.3, 0.4) is 0 Å². The van der Waals surface area contributed by atoms with E-state index in [4.69, 9.17) is 4.74 Å². The molecule has 2 N–H and O–H groups in total. The first-order valence-electron chi connectivity index (χ1n) is 8.70. The molecule has 27 heavy (non-hydrogen) atoms.